The molecule has 0 unspecified atom stereocenters. The maximum atomic E-state index is 4.61. The van der Waals surface area contributed by atoms with Crippen LogP contribution in [0.2, 0.25) is 0 Å². The van der Waals surface area contributed by atoms with Crippen LogP contribution in [0.25, 0.3) is 5.82 Å². The Morgan fingerprint density at radius 3 is 2.94 bits per heavy atom. The van der Waals surface area contributed by atoms with Crippen molar-refractivity contribution in [3.05, 3.63) is 41.9 Å². The first-order valence-corrected chi connectivity index (χ1v) is 6.58. The molecule has 4 nitrogen and oxygen atoms in total. The molecule has 1 saturated carbocycles. The predicted molar refractivity (Wildman–Crippen MR) is 70.6 cm³/mol. The molecule has 0 radical (unpaired) electrons. The summed E-state index contributed by atoms with van der Waals surface area (Å²) >= 11 is 0. The molecule has 4 heteroatoms. The molecule has 0 atom stereocenters. The fourth-order valence-electron chi connectivity index (χ4n) is 1.99. The average molecular weight is 242 g/mol. The van der Waals surface area contributed by atoms with E-state index in [4.69, 9.17) is 0 Å². The van der Waals surface area contributed by atoms with E-state index in [1.165, 1.54) is 18.4 Å². The minimum Gasteiger partial charge on any atom is -0.310 e. The summed E-state index contributed by atoms with van der Waals surface area (Å²) in [6.45, 7) is 3.06. The van der Waals surface area contributed by atoms with Gasteiger partial charge in [0.2, 0.25) is 0 Å². The first-order chi connectivity index (χ1) is 8.85. The Hall–Kier alpha value is -1.68. The Morgan fingerprint density at radius 1 is 1.39 bits per heavy atom. The minimum atomic E-state index is 0.733. The number of rotatable bonds is 5. The lowest BCUT2D eigenvalue weighted by atomic mass is 10.2. The van der Waals surface area contributed by atoms with Crippen molar-refractivity contribution in [3.63, 3.8) is 0 Å². The summed E-state index contributed by atoms with van der Waals surface area (Å²) in [6, 6.07) is 6.95. The highest BCUT2D eigenvalue weighted by molar-refractivity contribution is 5.30. The van der Waals surface area contributed by atoms with Gasteiger partial charge in [-0.2, -0.15) is 5.10 Å². The highest BCUT2D eigenvalue weighted by Gasteiger charge is 2.20. The predicted octanol–water partition coefficient (Wildman–Crippen LogP) is 2.08. The number of nitrogens with zero attached hydrogens (tertiary/aromatic N) is 3. The van der Waals surface area contributed by atoms with Gasteiger partial charge in [0.05, 0.1) is 0 Å². The van der Waals surface area contributed by atoms with E-state index in [0.717, 1.165) is 30.5 Å². The van der Waals surface area contributed by atoms with Gasteiger partial charge in [0.25, 0.3) is 0 Å². The second-order valence-corrected chi connectivity index (χ2v) is 4.78. The standard InChI is InChI=1S/C14H18N4/c1-2-12-8-11(10-15-13-4-5-13)9-14(17-12)18-7-3-6-16-18/h3,6-9,13,15H,2,4-5,10H2,1H3. The van der Waals surface area contributed by atoms with Crippen molar-refractivity contribution >= 4 is 0 Å². The lowest BCUT2D eigenvalue weighted by Crippen LogP contribution is -2.16. The van der Waals surface area contributed by atoms with Gasteiger partial charge in [-0.3, -0.25) is 0 Å². The Labute approximate surface area is 107 Å². The van der Waals surface area contributed by atoms with E-state index in [1.807, 2.05) is 16.9 Å². The third-order valence-electron chi connectivity index (χ3n) is 3.20. The molecule has 18 heavy (non-hydrogen) atoms. The van der Waals surface area contributed by atoms with Crippen LogP contribution >= 0.6 is 0 Å². The first-order valence-electron chi connectivity index (χ1n) is 6.58. The van der Waals surface area contributed by atoms with Gasteiger partial charge < -0.3 is 5.32 Å². The van der Waals surface area contributed by atoms with Crippen molar-refractivity contribution in [2.24, 2.45) is 0 Å². The largest absolute Gasteiger partial charge is 0.310 e. The van der Waals surface area contributed by atoms with E-state index in [-0.39, 0.29) is 0 Å². The van der Waals surface area contributed by atoms with Crippen LogP contribution in [0.4, 0.5) is 0 Å². The minimum absolute atomic E-state index is 0.733. The molecule has 0 saturated heterocycles. The normalized spacial score (nSPS) is 14.9. The zero-order valence-corrected chi connectivity index (χ0v) is 10.6. The van der Waals surface area contributed by atoms with Gasteiger partial charge in [0.1, 0.15) is 0 Å². The highest BCUT2D eigenvalue weighted by atomic mass is 15.3. The summed E-state index contributed by atoms with van der Waals surface area (Å²) in [5.74, 6) is 0.909. The third-order valence-corrected chi connectivity index (χ3v) is 3.20. The van der Waals surface area contributed by atoms with Crippen molar-refractivity contribution in [1.82, 2.24) is 20.1 Å². The molecule has 2 heterocycles. The van der Waals surface area contributed by atoms with Gasteiger partial charge in [0, 0.05) is 30.7 Å². The Balaban J connectivity index is 1.85. The Kier molecular flexibility index (Phi) is 3.11. The van der Waals surface area contributed by atoms with Crippen molar-refractivity contribution in [3.8, 4) is 5.82 Å². The molecule has 2 aromatic rings. The first kappa shape index (κ1) is 11.4. The van der Waals surface area contributed by atoms with Gasteiger partial charge in [-0.05, 0) is 43.0 Å². The Morgan fingerprint density at radius 2 is 2.28 bits per heavy atom. The quantitative estimate of drug-likeness (QED) is 0.873. The number of nitrogens with one attached hydrogen (secondary N) is 1. The monoisotopic (exact) mass is 242 g/mol. The lowest BCUT2D eigenvalue weighted by molar-refractivity contribution is 0.684. The van der Waals surface area contributed by atoms with Crippen LogP contribution in [0.1, 0.15) is 31.0 Å². The van der Waals surface area contributed by atoms with Gasteiger partial charge in [-0.15, -0.1) is 0 Å². The molecule has 0 amide bonds. The molecular weight excluding hydrogens is 224 g/mol. The maximum absolute atomic E-state index is 4.61. The summed E-state index contributed by atoms with van der Waals surface area (Å²) in [7, 11) is 0. The molecule has 0 spiro atoms. The maximum Gasteiger partial charge on any atom is 0.153 e. The highest BCUT2D eigenvalue weighted by Crippen LogP contribution is 2.19. The van der Waals surface area contributed by atoms with Crippen molar-refractivity contribution in [1.29, 1.82) is 0 Å². The van der Waals surface area contributed by atoms with Crippen LogP contribution in [0.3, 0.4) is 0 Å². The molecule has 94 valence electrons. The Bertz CT molecular complexity index is 515. The fourth-order valence-corrected chi connectivity index (χ4v) is 1.99. The summed E-state index contributed by atoms with van der Waals surface area (Å²) < 4.78 is 1.82. The van der Waals surface area contributed by atoms with Crippen molar-refractivity contribution in [2.45, 2.75) is 38.8 Å². The number of aryl methyl sites for hydroxylation is 1. The number of aromatic nitrogens is 3. The average Bonchev–Trinajstić information content (AvgIpc) is 3.07. The van der Waals surface area contributed by atoms with Crippen LogP contribution in [0, 0.1) is 0 Å². The van der Waals surface area contributed by atoms with Gasteiger partial charge in [-0.25, -0.2) is 9.67 Å². The molecule has 3 rings (SSSR count). The summed E-state index contributed by atoms with van der Waals surface area (Å²) in [6.07, 6.45) is 7.29. The van der Waals surface area contributed by atoms with E-state index in [1.54, 1.807) is 6.20 Å². The second-order valence-electron chi connectivity index (χ2n) is 4.78. The van der Waals surface area contributed by atoms with Gasteiger partial charge >= 0.3 is 0 Å². The SMILES string of the molecule is CCc1cc(CNC2CC2)cc(-n2cccn2)n1. The molecule has 0 bridgehead atoms. The third kappa shape index (κ3) is 2.59. The van der Waals surface area contributed by atoms with E-state index in [9.17, 15) is 0 Å². The van der Waals surface area contributed by atoms with Crippen molar-refractivity contribution in [2.75, 3.05) is 0 Å². The van der Waals surface area contributed by atoms with Crippen LogP contribution in [-0.4, -0.2) is 20.8 Å². The topological polar surface area (TPSA) is 42.7 Å². The van der Waals surface area contributed by atoms with Gasteiger partial charge in [-0.1, -0.05) is 6.92 Å². The van der Waals surface area contributed by atoms with E-state index < -0.39 is 0 Å². The number of pyridine rings is 1. The molecule has 1 fully saturated rings. The molecule has 1 N–H and O–H groups in total. The van der Waals surface area contributed by atoms with Crippen LogP contribution in [-0.2, 0) is 13.0 Å². The molecule has 1 aliphatic carbocycles. The molecule has 2 aromatic heterocycles. The zero-order chi connectivity index (χ0) is 12.4. The molecule has 0 aromatic carbocycles. The summed E-state index contributed by atoms with van der Waals surface area (Å²) in [4.78, 5) is 4.61. The zero-order valence-electron chi connectivity index (χ0n) is 10.6. The van der Waals surface area contributed by atoms with Crippen molar-refractivity contribution < 1.29 is 0 Å². The molecular formula is C14H18N4. The van der Waals surface area contributed by atoms with Crippen LogP contribution in [0.5, 0.6) is 0 Å². The molecule has 1 aliphatic rings. The van der Waals surface area contributed by atoms with E-state index >= 15 is 0 Å². The van der Waals surface area contributed by atoms with E-state index in [2.05, 4.69) is 34.5 Å². The number of hydrogen-bond donors (Lipinski definition) is 1. The second kappa shape index (κ2) is 4.90. The van der Waals surface area contributed by atoms with Crippen LogP contribution < -0.4 is 5.32 Å². The summed E-state index contributed by atoms with van der Waals surface area (Å²) in [5.41, 5.74) is 2.41. The smallest absolute Gasteiger partial charge is 0.153 e. The fraction of sp³-hybridized carbons (Fsp3) is 0.429. The van der Waals surface area contributed by atoms with Crippen LogP contribution in [0.15, 0.2) is 30.6 Å². The number of hydrogen-bond acceptors (Lipinski definition) is 3. The molecule has 0 aliphatic heterocycles. The summed E-state index contributed by atoms with van der Waals surface area (Å²) in [5, 5.41) is 7.78. The lowest BCUT2D eigenvalue weighted by Gasteiger charge is -2.08. The van der Waals surface area contributed by atoms with E-state index in [0.29, 0.717) is 0 Å². The van der Waals surface area contributed by atoms with Gasteiger partial charge in [0.15, 0.2) is 5.82 Å².